The van der Waals surface area contributed by atoms with E-state index in [-0.39, 0.29) is 0 Å². The quantitative estimate of drug-likeness (QED) is 0.152. The van der Waals surface area contributed by atoms with E-state index < -0.39 is 0 Å². The molecule has 0 unspecified atom stereocenters. The monoisotopic (exact) mass is 584 g/mol. The number of nitrogens with zero attached hydrogens (tertiary/aromatic N) is 2. The average molecular weight is 585 g/mol. The number of fused-ring (bicyclic) bond motifs is 5. The van der Waals surface area contributed by atoms with Gasteiger partial charge in [-0.05, 0) is 66.3 Å². The maximum Gasteiger partial charge on any atom is 0.161 e. The summed E-state index contributed by atoms with van der Waals surface area (Å²) in [5.74, 6) is 0.726. The van der Waals surface area contributed by atoms with Gasteiger partial charge in [0.15, 0.2) is 5.82 Å². The highest BCUT2D eigenvalue weighted by Crippen LogP contribution is 2.44. The number of aromatic nitrogens is 2. The Labute approximate surface area is 267 Å². The summed E-state index contributed by atoms with van der Waals surface area (Å²) < 4.78 is 0. The maximum atomic E-state index is 5.27. The summed E-state index contributed by atoms with van der Waals surface area (Å²) in [6, 6.07) is 60.3. The summed E-state index contributed by atoms with van der Waals surface area (Å²) in [4.78, 5) is 10.5. The fourth-order valence-electron chi connectivity index (χ4n) is 6.91. The molecule has 0 N–H and O–H groups in total. The smallest absolute Gasteiger partial charge is 0.161 e. The van der Waals surface area contributed by atoms with E-state index in [0.717, 1.165) is 44.7 Å². The zero-order valence-electron chi connectivity index (χ0n) is 25.1. The molecule has 0 aliphatic heterocycles. The van der Waals surface area contributed by atoms with Crippen molar-refractivity contribution in [3.05, 3.63) is 170 Å². The first-order chi connectivity index (χ1) is 22.8. The first-order valence-corrected chi connectivity index (χ1v) is 15.7. The van der Waals surface area contributed by atoms with Crippen LogP contribution in [-0.2, 0) is 0 Å². The molecule has 0 bridgehead atoms. The zero-order valence-corrected chi connectivity index (χ0v) is 25.1. The van der Waals surface area contributed by atoms with E-state index in [2.05, 4.69) is 158 Å². The molecular weight excluding hydrogens is 556 g/mol. The van der Waals surface area contributed by atoms with Gasteiger partial charge in [0.05, 0.1) is 11.4 Å². The molecule has 0 spiro atoms. The summed E-state index contributed by atoms with van der Waals surface area (Å²) in [5, 5.41) is 9.67. The summed E-state index contributed by atoms with van der Waals surface area (Å²) in [7, 11) is 0. The Morgan fingerprint density at radius 1 is 0.283 bits per heavy atom. The molecule has 8 aromatic carbocycles. The highest BCUT2D eigenvalue weighted by Gasteiger charge is 2.20. The lowest BCUT2D eigenvalue weighted by Gasteiger charge is -2.18. The number of benzene rings is 8. The van der Waals surface area contributed by atoms with Gasteiger partial charge in [-0.15, -0.1) is 0 Å². The molecular formula is C44H28N2. The molecule has 2 nitrogen and oxygen atoms in total. The SMILES string of the molecule is c1ccc(-c2cc(-c3ccccc3)nc(-c3c4ccccc4c(-c4ccc5ccc6ccccc6c5c4)c4ccccc34)n2)cc1. The number of hydrogen-bond donors (Lipinski definition) is 0. The largest absolute Gasteiger partial charge is 0.228 e. The minimum absolute atomic E-state index is 0.726. The van der Waals surface area contributed by atoms with Crippen LogP contribution in [0, 0.1) is 0 Å². The van der Waals surface area contributed by atoms with Gasteiger partial charge in [-0.1, -0.05) is 158 Å². The first kappa shape index (κ1) is 26.3. The molecule has 0 amide bonds. The number of rotatable bonds is 4. The molecule has 0 fully saturated rings. The van der Waals surface area contributed by atoms with Crippen molar-refractivity contribution in [2.24, 2.45) is 0 Å². The predicted molar refractivity (Wildman–Crippen MR) is 194 cm³/mol. The van der Waals surface area contributed by atoms with Crippen LogP contribution in [0.25, 0.3) is 88.1 Å². The summed E-state index contributed by atoms with van der Waals surface area (Å²) in [6.07, 6.45) is 0. The fraction of sp³-hybridized carbons (Fsp3) is 0. The normalized spacial score (nSPS) is 11.5. The Morgan fingerprint density at radius 2 is 0.717 bits per heavy atom. The molecule has 46 heavy (non-hydrogen) atoms. The van der Waals surface area contributed by atoms with E-state index >= 15 is 0 Å². The van der Waals surface area contributed by atoms with Crippen LogP contribution in [0.15, 0.2) is 170 Å². The second kappa shape index (κ2) is 10.8. The van der Waals surface area contributed by atoms with E-state index in [0.29, 0.717) is 0 Å². The van der Waals surface area contributed by atoms with Crippen molar-refractivity contribution < 1.29 is 0 Å². The van der Waals surface area contributed by atoms with Crippen LogP contribution < -0.4 is 0 Å². The van der Waals surface area contributed by atoms with Crippen LogP contribution in [0.5, 0.6) is 0 Å². The van der Waals surface area contributed by atoms with Gasteiger partial charge in [0.2, 0.25) is 0 Å². The lowest BCUT2D eigenvalue weighted by atomic mass is 9.87. The van der Waals surface area contributed by atoms with Gasteiger partial charge < -0.3 is 0 Å². The predicted octanol–water partition coefficient (Wildman–Crippen LogP) is 11.8. The molecule has 9 rings (SSSR count). The molecule has 214 valence electrons. The molecule has 1 heterocycles. The van der Waals surface area contributed by atoms with Crippen LogP contribution in [-0.4, -0.2) is 9.97 Å². The van der Waals surface area contributed by atoms with Crippen molar-refractivity contribution in [1.82, 2.24) is 9.97 Å². The Kier molecular flexibility index (Phi) is 6.17. The van der Waals surface area contributed by atoms with E-state index in [4.69, 9.17) is 9.97 Å². The highest BCUT2D eigenvalue weighted by atomic mass is 14.9. The lowest BCUT2D eigenvalue weighted by Crippen LogP contribution is -1.98. The lowest BCUT2D eigenvalue weighted by molar-refractivity contribution is 1.19. The van der Waals surface area contributed by atoms with Crippen LogP contribution in [0.1, 0.15) is 0 Å². The second-order valence-electron chi connectivity index (χ2n) is 11.8. The van der Waals surface area contributed by atoms with E-state index in [1.54, 1.807) is 0 Å². The Bertz CT molecular complexity index is 2460. The van der Waals surface area contributed by atoms with Gasteiger partial charge in [-0.25, -0.2) is 9.97 Å². The first-order valence-electron chi connectivity index (χ1n) is 15.7. The molecule has 0 aliphatic rings. The minimum Gasteiger partial charge on any atom is -0.228 e. The highest BCUT2D eigenvalue weighted by molar-refractivity contribution is 6.21. The van der Waals surface area contributed by atoms with Gasteiger partial charge in [0, 0.05) is 16.7 Å². The average Bonchev–Trinajstić information content (AvgIpc) is 3.14. The maximum absolute atomic E-state index is 5.27. The van der Waals surface area contributed by atoms with Crippen LogP contribution in [0.2, 0.25) is 0 Å². The topological polar surface area (TPSA) is 25.8 Å². The second-order valence-corrected chi connectivity index (χ2v) is 11.8. The minimum atomic E-state index is 0.726. The standard InChI is InChI=1S/C44H28N2/c1-3-14-31(15-4-1)40-28-41(32-16-5-2-6-17-32)46-44(45-40)43-37-21-11-9-19-35(37)42(36-20-10-12-22-38(36)43)33-26-25-30-24-23-29-13-7-8-18-34(29)39(30)27-33/h1-28H. The molecule has 0 radical (unpaired) electrons. The molecule has 0 saturated carbocycles. The number of hydrogen-bond acceptors (Lipinski definition) is 2. The van der Waals surface area contributed by atoms with Gasteiger partial charge in [0.25, 0.3) is 0 Å². The van der Waals surface area contributed by atoms with Crippen molar-refractivity contribution in [3.63, 3.8) is 0 Å². The van der Waals surface area contributed by atoms with Crippen molar-refractivity contribution in [1.29, 1.82) is 0 Å². The van der Waals surface area contributed by atoms with Crippen molar-refractivity contribution in [2.45, 2.75) is 0 Å². The van der Waals surface area contributed by atoms with Crippen LogP contribution >= 0.6 is 0 Å². The molecule has 9 aromatic rings. The Balaban J connectivity index is 1.36. The van der Waals surface area contributed by atoms with Crippen LogP contribution in [0.4, 0.5) is 0 Å². The molecule has 0 aliphatic carbocycles. The third kappa shape index (κ3) is 4.35. The molecule has 0 saturated heterocycles. The van der Waals surface area contributed by atoms with Crippen molar-refractivity contribution in [2.75, 3.05) is 0 Å². The van der Waals surface area contributed by atoms with Gasteiger partial charge in [-0.3, -0.25) is 0 Å². The van der Waals surface area contributed by atoms with E-state index in [9.17, 15) is 0 Å². The Morgan fingerprint density at radius 3 is 1.28 bits per heavy atom. The van der Waals surface area contributed by atoms with Crippen LogP contribution in [0.3, 0.4) is 0 Å². The Hall–Kier alpha value is -6.12. The van der Waals surface area contributed by atoms with Gasteiger partial charge in [-0.2, -0.15) is 0 Å². The third-order valence-corrected chi connectivity index (χ3v) is 9.06. The van der Waals surface area contributed by atoms with E-state index in [1.165, 1.54) is 43.4 Å². The van der Waals surface area contributed by atoms with Crippen molar-refractivity contribution in [3.8, 4) is 45.0 Å². The zero-order chi connectivity index (χ0) is 30.5. The third-order valence-electron chi connectivity index (χ3n) is 9.06. The van der Waals surface area contributed by atoms with Gasteiger partial charge >= 0.3 is 0 Å². The summed E-state index contributed by atoms with van der Waals surface area (Å²) in [6.45, 7) is 0. The summed E-state index contributed by atoms with van der Waals surface area (Å²) in [5.41, 5.74) is 7.43. The molecule has 2 heteroatoms. The van der Waals surface area contributed by atoms with Crippen molar-refractivity contribution >= 4 is 43.1 Å². The van der Waals surface area contributed by atoms with Gasteiger partial charge in [0.1, 0.15) is 0 Å². The van der Waals surface area contributed by atoms with E-state index in [1.807, 2.05) is 12.1 Å². The summed E-state index contributed by atoms with van der Waals surface area (Å²) >= 11 is 0. The fourth-order valence-corrected chi connectivity index (χ4v) is 6.91. The molecule has 0 atom stereocenters. The molecule has 1 aromatic heterocycles.